The quantitative estimate of drug-likeness (QED) is 0.901. The number of rotatable bonds is 3. The van der Waals surface area contributed by atoms with Crippen LogP contribution in [0.1, 0.15) is 25.7 Å². The van der Waals surface area contributed by atoms with Crippen molar-refractivity contribution >= 4 is 38.3 Å². The summed E-state index contributed by atoms with van der Waals surface area (Å²) in [7, 11) is 0. The number of aromatic nitrogens is 1. The Labute approximate surface area is 107 Å². The fraction of sp³-hybridized carbons (Fsp3) is 0.600. The van der Waals surface area contributed by atoms with Crippen LogP contribution in [0.5, 0.6) is 0 Å². The van der Waals surface area contributed by atoms with Crippen molar-refractivity contribution in [2.45, 2.75) is 25.7 Å². The molecule has 1 amide bonds. The van der Waals surface area contributed by atoms with E-state index in [1.165, 1.54) is 11.3 Å². The highest BCUT2D eigenvalue weighted by molar-refractivity contribution is 9.11. The SMILES string of the molecule is NCC1(C(=O)Nc2ncc(Br)s2)CCCC1. The van der Waals surface area contributed by atoms with Gasteiger partial charge in [-0.3, -0.25) is 4.79 Å². The third kappa shape index (κ3) is 2.28. The van der Waals surface area contributed by atoms with Crippen molar-refractivity contribution in [1.29, 1.82) is 0 Å². The Morgan fingerprint density at radius 3 is 2.81 bits per heavy atom. The zero-order chi connectivity index (χ0) is 11.6. The number of halogens is 1. The maximum atomic E-state index is 12.1. The molecule has 0 aromatic carbocycles. The summed E-state index contributed by atoms with van der Waals surface area (Å²) in [6.07, 6.45) is 5.65. The van der Waals surface area contributed by atoms with Crippen LogP contribution in [0.25, 0.3) is 0 Å². The molecule has 0 spiro atoms. The molecule has 0 saturated heterocycles. The first-order valence-corrected chi connectivity index (χ1v) is 6.90. The van der Waals surface area contributed by atoms with Crippen LogP contribution in [0.3, 0.4) is 0 Å². The summed E-state index contributed by atoms with van der Waals surface area (Å²) in [4.78, 5) is 16.2. The molecule has 1 fully saturated rings. The van der Waals surface area contributed by atoms with E-state index in [0.29, 0.717) is 11.7 Å². The molecule has 16 heavy (non-hydrogen) atoms. The van der Waals surface area contributed by atoms with E-state index in [1.54, 1.807) is 6.20 Å². The number of hydrogen-bond acceptors (Lipinski definition) is 4. The minimum absolute atomic E-state index is 0.0225. The van der Waals surface area contributed by atoms with Gasteiger partial charge in [0.2, 0.25) is 5.91 Å². The molecule has 1 aromatic rings. The zero-order valence-electron chi connectivity index (χ0n) is 8.83. The van der Waals surface area contributed by atoms with Gasteiger partial charge in [0.1, 0.15) is 0 Å². The first-order chi connectivity index (χ1) is 7.66. The number of nitrogens with two attached hydrogens (primary N) is 1. The summed E-state index contributed by atoms with van der Waals surface area (Å²) in [5.41, 5.74) is 5.38. The van der Waals surface area contributed by atoms with Gasteiger partial charge >= 0.3 is 0 Å². The van der Waals surface area contributed by atoms with E-state index in [-0.39, 0.29) is 11.3 Å². The summed E-state index contributed by atoms with van der Waals surface area (Å²) in [5.74, 6) is 0.0225. The van der Waals surface area contributed by atoms with E-state index >= 15 is 0 Å². The average Bonchev–Trinajstić information content (AvgIpc) is 2.88. The topological polar surface area (TPSA) is 68.0 Å². The van der Waals surface area contributed by atoms with Crippen LogP contribution in [0.15, 0.2) is 9.98 Å². The molecule has 6 heteroatoms. The van der Waals surface area contributed by atoms with Crippen molar-refractivity contribution in [3.8, 4) is 0 Å². The summed E-state index contributed by atoms with van der Waals surface area (Å²) in [5, 5.41) is 3.49. The molecular formula is C10H14BrN3OS. The van der Waals surface area contributed by atoms with Gasteiger partial charge in [0.15, 0.2) is 5.13 Å². The predicted octanol–water partition coefficient (Wildman–Crippen LogP) is 2.36. The number of nitrogens with zero attached hydrogens (tertiary/aromatic N) is 1. The molecule has 0 aliphatic heterocycles. The number of carbonyl (C=O) groups is 1. The molecule has 0 atom stereocenters. The zero-order valence-corrected chi connectivity index (χ0v) is 11.2. The fourth-order valence-corrected chi connectivity index (χ4v) is 3.22. The van der Waals surface area contributed by atoms with E-state index in [4.69, 9.17) is 5.73 Å². The van der Waals surface area contributed by atoms with E-state index < -0.39 is 0 Å². The van der Waals surface area contributed by atoms with Gasteiger partial charge in [-0.1, -0.05) is 24.2 Å². The second-order valence-corrected chi connectivity index (χ2v) is 6.53. The molecule has 1 aliphatic carbocycles. The predicted molar refractivity (Wildman–Crippen MR) is 68.4 cm³/mol. The van der Waals surface area contributed by atoms with Crippen molar-refractivity contribution in [2.24, 2.45) is 11.1 Å². The third-order valence-corrected chi connectivity index (χ3v) is 4.52. The van der Waals surface area contributed by atoms with Crippen LogP contribution in [-0.4, -0.2) is 17.4 Å². The van der Waals surface area contributed by atoms with Gasteiger partial charge in [-0.05, 0) is 28.8 Å². The van der Waals surface area contributed by atoms with Crippen LogP contribution in [-0.2, 0) is 4.79 Å². The van der Waals surface area contributed by atoms with Gasteiger partial charge in [0, 0.05) is 6.54 Å². The molecule has 0 unspecified atom stereocenters. The van der Waals surface area contributed by atoms with E-state index in [0.717, 1.165) is 29.5 Å². The van der Waals surface area contributed by atoms with Gasteiger partial charge < -0.3 is 11.1 Å². The second-order valence-electron chi connectivity index (χ2n) is 4.12. The molecule has 2 rings (SSSR count). The van der Waals surface area contributed by atoms with Gasteiger partial charge in [-0.25, -0.2) is 4.98 Å². The Morgan fingerprint density at radius 1 is 1.62 bits per heavy atom. The summed E-state index contributed by atoms with van der Waals surface area (Å²) >= 11 is 4.73. The Morgan fingerprint density at radius 2 is 2.31 bits per heavy atom. The Bertz CT molecular complexity index is 387. The molecule has 0 radical (unpaired) electrons. The van der Waals surface area contributed by atoms with Crippen molar-refractivity contribution in [2.75, 3.05) is 11.9 Å². The summed E-state index contributed by atoms with van der Waals surface area (Å²) in [6, 6.07) is 0. The number of nitrogens with one attached hydrogen (secondary N) is 1. The van der Waals surface area contributed by atoms with E-state index in [2.05, 4.69) is 26.2 Å². The van der Waals surface area contributed by atoms with Gasteiger partial charge in [-0.15, -0.1) is 0 Å². The fourth-order valence-electron chi connectivity index (χ4n) is 2.12. The van der Waals surface area contributed by atoms with Crippen LogP contribution in [0.4, 0.5) is 5.13 Å². The molecule has 0 bridgehead atoms. The van der Waals surface area contributed by atoms with Crippen molar-refractivity contribution in [1.82, 2.24) is 4.98 Å². The molecule has 1 aliphatic rings. The van der Waals surface area contributed by atoms with E-state index in [9.17, 15) is 4.79 Å². The lowest BCUT2D eigenvalue weighted by atomic mass is 9.85. The molecule has 1 saturated carbocycles. The first kappa shape index (κ1) is 12.0. The smallest absolute Gasteiger partial charge is 0.233 e. The first-order valence-electron chi connectivity index (χ1n) is 5.29. The van der Waals surface area contributed by atoms with Crippen molar-refractivity contribution < 1.29 is 4.79 Å². The van der Waals surface area contributed by atoms with Crippen molar-refractivity contribution in [3.63, 3.8) is 0 Å². The minimum Gasteiger partial charge on any atom is -0.329 e. The second kappa shape index (κ2) is 4.81. The highest BCUT2D eigenvalue weighted by Gasteiger charge is 2.40. The number of amides is 1. The largest absolute Gasteiger partial charge is 0.329 e. The highest BCUT2D eigenvalue weighted by atomic mass is 79.9. The van der Waals surface area contributed by atoms with Crippen LogP contribution >= 0.6 is 27.3 Å². The number of hydrogen-bond donors (Lipinski definition) is 2. The lowest BCUT2D eigenvalue weighted by Gasteiger charge is -2.24. The maximum absolute atomic E-state index is 12.1. The highest BCUT2D eigenvalue weighted by Crippen LogP contribution is 2.38. The maximum Gasteiger partial charge on any atom is 0.233 e. The Kier molecular flexibility index (Phi) is 3.61. The van der Waals surface area contributed by atoms with Gasteiger partial charge in [0.05, 0.1) is 15.4 Å². The lowest BCUT2D eigenvalue weighted by Crippen LogP contribution is -2.40. The van der Waals surface area contributed by atoms with E-state index in [1.807, 2.05) is 0 Å². The summed E-state index contributed by atoms with van der Waals surface area (Å²) < 4.78 is 0.913. The normalized spacial score (nSPS) is 18.6. The van der Waals surface area contributed by atoms with Crippen molar-refractivity contribution in [3.05, 3.63) is 9.98 Å². The number of anilines is 1. The Hall–Kier alpha value is -0.460. The third-order valence-electron chi connectivity index (χ3n) is 3.13. The average molecular weight is 304 g/mol. The minimum atomic E-state index is -0.363. The van der Waals surface area contributed by atoms with Gasteiger partial charge in [-0.2, -0.15) is 0 Å². The van der Waals surface area contributed by atoms with Crippen LogP contribution in [0.2, 0.25) is 0 Å². The monoisotopic (exact) mass is 303 g/mol. The number of carbonyl (C=O) groups excluding carboxylic acids is 1. The molecule has 4 nitrogen and oxygen atoms in total. The molecule has 1 aromatic heterocycles. The molecule has 88 valence electrons. The molecule has 1 heterocycles. The molecule has 3 N–H and O–H groups in total. The van der Waals surface area contributed by atoms with Crippen LogP contribution in [0, 0.1) is 5.41 Å². The standard InChI is InChI=1S/C10H14BrN3OS/c11-7-5-13-9(16-7)14-8(15)10(6-12)3-1-2-4-10/h5H,1-4,6,12H2,(H,13,14,15). The number of thiazole rings is 1. The lowest BCUT2D eigenvalue weighted by molar-refractivity contribution is -0.124. The van der Waals surface area contributed by atoms with Crippen LogP contribution < -0.4 is 11.1 Å². The van der Waals surface area contributed by atoms with Gasteiger partial charge in [0.25, 0.3) is 0 Å². The molecular weight excluding hydrogens is 290 g/mol. The summed E-state index contributed by atoms with van der Waals surface area (Å²) in [6.45, 7) is 0.422. The Balaban J connectivity index is 2.07.